The lowest BCUT2D eigenvalue weighted by Crippen LogP contribution is -2.27. The third kappa shape index (κ3) is 3.01. The Morgan fingerprint density at radius 2 is 2.19 bits per heavy atom. The van der Waals surface area contributed by atoms with Crippen LogP contribution in [0.3, 0.4) is 0 Å². The van der Waals surface area contributed by atoms with Gasteiger partial charge in [-0.1, -0.05) is 12.2 Å². The number of allylic oxidation sites excluding steroid dienone is 2. The molecule has 0 aromatic carbocycles. The van der Waals surface area contributed by atoms with Gasteiger partial charge in [0.05, 0.1) is 5.69 Å². The van der Waals surface area contributed by atoms with Crippen LogP contribution in [0, 0.1) is 17.8 Å². The molecule has 0 amide bonds. The second-order valence-electron chi connectivity index (χ2n) is 7.75. The van der Waals surface area contributed by atoms with E-state index in [0.717, 1.165) is 66.7 Å². The van der Waals surface area contributed by atoms with Gasteiger partial charge in [0.1, 0.15) is 5.82 Å². The molecule has 5 heteroatoms. The summed E-state index contributed by atoms with van der Waals surface area (Å²) in [7, 11) is 0. The number of anilines is 1. The summed E-state index contributed by atoms with van der Waals surface area (Å²) in [6.45, 7) is 2.80. The van der Waals surface area contributed by atoms with Crippen molar-refractivity contribution in [2.75, 3.05) is 18.4 Å². The first-order valence-electron chi connectivity index (χ1n) is 9.80. The van der Waals surface area contributed by atoms with Crippen LogP contribution >= 0.6 is 0 Å². The molecule has 3 aliphatic rings. The average molecular weight is 347 g/mol. The van der Waals surface area contributed by atoms with Gasteiger partial charge < -0.3 is 10.6 Å². The average Bonchev–Trinajstić information content (AvgIpc) is 3.32. The van der Waals surface area contributed by atoms with E-state index in [-0.39, 0.29) is 0 Å². The lowest BCUT2D eigenvalue weighted by atomic mass is 9.90. The summed E-state index contributed by atoms with van der Waals surface area (Å²) < 4.78 is 0. The fourth-order valence-corrected chi connectivity index (χ4v) is 4.73. The maximum atomic E-state index is 4.86. The van der Waals surface area contributed by atoms with Crippen molar-refractivity contribution in [3.63, 3.8) is 0 Å². The molecule has 2 aromatic rings. The fraction of sp³-hybridized carbons (Fsp3) is 0.476. The Kier molecular flexibility index (Phi) is 4.17. The zero-order valence-electron chi connectivity index (χ0n) is 15.0. The smallest absolute Gasteiger partial charge is 0.163 e. The van der Waals surface area contributed by atoms with Crippen molar-refractivity contribution in [1.82, 2.24) is 20.3 Å². The van der Waals surface area contributed by atoms with Crippen LogP contribution in [0.25, 0.3) is 11.4 Å². The minimum Gasteiger partial charge on any atom is -0.370 e. The number of pyridine rings is 1. The Balaban J connectivity index is 1.35. The van der Waals surface area contributed by atoms with Gasteiger partial charge in [-0.2, -0.15) is 0 Å². The van der Waals surface area contributed by atoms with Crippen LogP contribution in [0.2, 0.25) is 0 Å². The van der Waals surface area contributed by atoms with Crippen LogP contribution in [-0.2, 0) is 13.0 Å². The van der Waals surface area contributed by atoms with Gasteiger partial charge in [0.25, 0.3) is 0 Å². The van der Waals surface area contributed by atoms with Gasteiger partial charge in [-0.05, 0) is 62.1 Å². The molecule has 2 aliphatic carbocycles. The Labute approximate surface area is 154 Å². The lowest BCUT2D eigenvalue weighted by molar-refractivity contribution is 0.426. The molecule has 5 rings (SSSR count). The van der Waals surface area contributed by atoms with Crippen LogP contribution in [-0.4, -0.2) is 28.0 Å². The number of nitrogens with one attached hydrogen (secondary N) is 2. The minimum absolute atomic E-state index is 0.769. The quantitative estimate of drug-likeness (QED) is 0.813. The van der Waals surface area contributed by atoms with Gasteiger partial charge in [0, 0.05) is 36.6 Å². The van der Waals surface area contributed by atoms with E-state index >= 15 is 0 Å². The predicted molar refractivity (Wildman–Crippen MR) is 103 cm³/mol. The number of rotatable bonds is 5. The third-order valence-electron chi connectivity index (χ3n) is 6.08. The molecular formula is C21H25N5. The standard InChI is InChI=1S/C21H25N5/c1-2-17(12-22-7-1)20-25-19-13-23-8-6-18(19)21(26-20)24-9-5-16-11-14-3-4-15(16)10-14/h1-4,7,12,14-16,23H,5-6,8-11,13H2,(H,24,25,26)/t14-,15+,16-/m1/s1. The van der Waals surface area contributed by atoms with E-state index < -0.39 is 0 Å². The van der Waals surface area contributed by atoms with Crippen LogP contribution in [0.15, 0.2) is 36.7 Å². The van der Waals surface area contributed by atoms with Gasteiger partial charge in [-0.3, -0.25) is 4.98 Å². The number of hydrogen-bond acceptors (Lipinski definition) is 5. The highest BCUT2D eigenvalue weighted by Gasteiger charge is 2.35. The molecule has 0 spiro atoms. The van der Waals surface area contributed by atoms with E-state index in [1.807, 2.05) is 18.3 Å². The number of fused-ring (bicyclic) bond motifs is 3. The minimum atomic E-state index is 0.769. The Hall–Kier alpha value is -2.27. The van der Waals surface area contributed by atoms with E-state index in [9.17, 15) is 0 Å². The molecule has 3 atom stereocenters. The van der Waals surface area contributed by atoms with Crippen molar-refractivity contribution in [3.8, 4) is 11.4 Å². The summed E-state index contributed by atoms with van der Waals surface area (Å²) in [6, 6.07) is 3.96. The zero-order chi connectivity index (χ0) is 17.3. The van der Waals surface area contributed by atoms with Crippen LogP contribution in [0.4, 0.5) is 5.82 Å². The van der Waals surface area contributed by atoms with E-state index in [4.69, 9.17) is 9.97 Å². The van der Waals surface area contributed by atoms with Crippen LogP contribution in [0.1, 0.15) is 30.5 Å². The number of nitrogens with zero attached hydrogens (tertiary/aromatic N) is 3. The van der Waals surface area contributed by atoms with E-state index in [0.29, 0.717) is 0 Å². The molecule has 5 nitrogen and oxygen atoms in total. The van der Waals surface area contributed by atoms with E-state index in [1.165, 1.54) is 24.8 Å². The molecule has 3 heterocycles. The fourth-order valence-electron chi connectivity index (χ4n) is 4.73. The molecule has 1 saturated carbocycles. The Bertz CT molecular complexity index is 817. The predicted octanol–water partition coefficient (Wildman–Crippen LogP) is 3.20. The summed E-state index contributed by atoms with van der Waals surface area (Å²) in [5.74, 6) is 4.30. The van der Waals surface area contributed by atoms with Crippen LogP contribution < -0.4 is 10.6 Å². The maximum absolute atomic E-state index is 4.86. The summed E-state index contributed by atoms with van der Waals surface area (Å²) in [5, 5.41) is 7.07. The molecular weight excluding hydrogens is 322 g/mol. The Morgan fingerprint density at radius 3 is 3.00 bits per heavy atom. The van der Waals surface area contributed by atoms with Crippen molar-refractivity contribution >= 4 is 5.82 Å². The Morgan fingerprint density at radius 1 is 1.19 bits per heavy atom. The van der Waals surface area contributed by atoms with Gasteiger partial charge in [0.2, 0.25) is 0 Å². The summed E-state index contributed by atoms with van der Waals surface area (Å²) >= 11 is 0. The van der Waals surface area contributed by atoms with E-state index in [2.05, 4.69) is 27.8 Å². The molecule has 2 aromatic heterocycles. The lowest BCUT2D eigenvalue weighted by Gasteiger charge is -2.22. The maximum Gasteiger partial charge on any atom is 0.163 e. The molecule has 0 saturated heterocycles. The second-order valence-corrected chi connectivity index (χ2v) is 7.75. The first-order valence-corrected chi connectivity index (χ1v) is 9.80. The highest BCUT2D eigenvalue weighted by atomic mass is 15.1. The molecule has 0 radical (unpaired) electrons. The van der Waals surface area contributed by atoms with Gasteiger partial charge in [-0.25, -0.2) is 9.97 Å². The topological polar surface area (TPSA) is 62.7 Å². The molecule has 2 bridgehead atoms. The third-order valence-corrected chi connectivity index (χ3v) is 6.08. The van der Waals surface area contributed by atoms with Crippen molar-refractivity contribution in [1.29, 1.82) is 0 Å². The van der Waals surface area contributed by atoms with Crippen molar-refractivity contribution in [3.05, 3.63) is 47.9 Å². The van der Waals surface area contributed by atoms with E-state index in [1.54, 1.807) is 6.20 Å². The largest absolute Gasteiger partial charge is 0.370 e. The zero-order valence-corrected chi connectivity index (χ0v) is 15.0. The van der Waals surface area contributed by atoms with Crippen molar-refractivity contribution in [2.24, 2.45) is 17.8 Å². The first-order chi connectivity index (χ1) is 12.9. The van der Waals surface area contributed by atoms with Gasteiger partial charge in [0.15, 0.2) is 5.82 Å². The highest BCUT2D eigenvalue weighted by Crippen LogP contribution is 2.44. The molecule has 26 heavy (non-hydrogen) atoms. The molecule has 0 unspecified atom stereocenters. The molecule has 134 valence electrons. The summed E-state index contributed by atoms with van der Waals surface area (Å²) in [5.41, 5.74) is 3.38. The number of hydrogen-bond donors (Lipinski definition) is 2. The monoisotopic (exact) mass is 347 g/mol. The highest BCUT2D eigenvalue weighted by molar-refractivity contribution is 5.59. The second kappa shape index (κ2) is 6.80. The summed E-state index contributed by atoms with van der Waals surface area (Å²) in [6.07, 6.45) is 13.4. The molecule has 2 N–H and O–H groups in total. The summed E-state index contributed by atoms with van der Waals surface area (Å²) in [4.78, 5) is 13.9. The van der Waals surface area contributed by atoms with Crippen LogP contribution in [0.5, 0.6) is 0 Å². The number of aromatic nitrogens is 3. The molecule has 1 aliphatic heterocycles. The van der Waals surface area contributed by atoms with Gasteiger partial charge in [-0.15, -0.1) is 0 Å². The van der Waals surface area contributed by atoms with Crippen molar-refractivity contribution in [2.45, 2.75) is 32.2 Å². The van der Waals surface area contributed by atoms with Crippen molar-refractivity contribution < 1.29 is 0 Å². The molecule has 1 fully saturated rings. The first kappa shape index (κ1) is 15.9. The SMILES string of the molecule is C1=C[C@H]2C[C@@H]1C[C@H]2CCNc1nc(-c2cccnc2)nc2c1CCNC2. The normalized spacial score (nSPS) is 26.1. The van der Waals surface area contributed by atoms with Gasteiger partial charge >= 0.3 is 0 Å².